The molecule has 0 bridgehead atoms. The van der Waals surface area contributed by atoms with Gasteiger partial charge in [0.25, 0.3) is 5.91 Å². The molecule has 1 aromatic carbocycles. The molecular weight excluding hydrogens is 361 g/mol. The highest BCUT2D eigenvalue weighted by Crippen LogP contribution is 2.34. The number of aromatic nitrogens is 2. The van der Waals surface area contributed by atoms with Crippen molar-refractivity contribution in [2.45, 2.75) is 25.3 Å². The van der Waals surface area contributed by atoms with Crippen molar-refractivity contribution in [3.63, 3.8) is 0 Å². The number of oxazole rings is 1. The van der Waals surface area contributed by atoms with Crippen molar-refractivity contribution in [2.24, 2.45) is 0 Å². The average Bonchev–Trinajstić information content (AvgIpc) is 3.36. The predicted molar refractivity (Wildman–Crippen MR) is 99.5 cm³/mol. The van der Waals surface area contributed by atoms with E-state index in [0.29, 0.717) is 36.1 Å². The monoisotopic (exact) mass is 381 g/mol. The van der Waals surface area contributed by atoms with Gasteiger partial charge in [-0.1, -0.05) is 12.1 Å². The smallest absolute Gasteiger partial charge is 0.260 e. The summed E-state index contributed by atoms with van der Waals surface area (Å²) in [7, 11) is 1.49. The number of carbonyl (C=O) groups excluding carboxylic acids is 1. The van der Waals surface area contributed by atoms with E-state index in [0.717, 1.165) is 18.4 Å². The Balaban J connectivity index is 1.54. The quantitative estimate of drug-likeness (QED) is 0.673. The fraction of sp³-hybridized carbons (Fsp3) is 0.286. The van der Waals surface area contributed by atoms with E-state index in [1.807, 2.05) is 6.07 Å². The largest absolute Gasteiger partial charge is 0.480 e. The van der Waals surface area contributed by atoms with Gasteiger partial charge in [0.05, 0.1) is 13.3 Å². The Hall–Kier alpha value is -3.22. The van der Waals surface area contributed by atoms with E-state index in [2.05, 4.69) is 9.97 Å². The summed E-state index contributed by atoms with van der Waals surface area (Å²) >= 11 is 0. The minimum Gasteiger partial charge on any atom is -0.480 e. The molecule has 3 aromatic rings. The van der Waals surface area contributed by atoms with Crippen molar-refractivity contribution in [1.82, 2.24) is 14.9 Å². The minimum atomic E-state index is -0.282. The molecule has 1 atom stereocenters. The summed E-state index contributed by atoms with van der Waals surface area (Å²) in [5.41, 5.74) is 1.23. The number of rotatable bonds is 5. The lowest BCUT2D eigenvalue weighted by molar-refractivity contribution is 0.0710. The lowest BCUT2D eigenvalue weighted by Gasteiger charge is -2.22. The van der Waals surface area contributed by atoms with E-state index in [1.165, 1.54) is 19.2 Å². The van der Waals surface area contributed by atoms with Crippen LogP contribution in [0.2, 0.25) is 0 Å². The third kappa shape index (κ3) is 3.60. The predicted octanol–water partition coefficient (Wildman–Crippen LogP) is 3.79. The molecule has 7 heteroatoms. The van der Waals surface area contributed by atoms with E-state index in [-0.39, 0.29) is 17.8 Å². The fourth-order valence-electron chi connectivity index (χ4n) is 3.54. The van der Waals surface area contributed by atoms with Crippen LogP contribution >= 0.6 is 0 Å². The summed E-state index contributed by atoms with van der Waals surface area (Å²) in [6.07, 6.45) is 5.31. The average molecular weight is 381 g/mol. The van der Waals surface area contributed by atoms with Crippen LogP contribution in [0.25, 0.3) is 0 Å². The van der Waals surface area contributed by atoms with Crippen LogP contribution in [0.3, 0.4) is 0 Å². The molecule has 1 aliphatic rings. The highest BCUT2D eigenvalue weighted by atomic mass is 19.1. The second-order valence-corrected chi connectivity index (χ2v) is 6.69. The van der Waals surface area contributed by atoms with Gasteiger partial charge in [0.1, 0.15) is 23.2 Å². The normalized spacial score (nSPS) is 16.4. The Morgan fingerprint density at radius 2 is 2.21 bits per heavy atom. The summed E-state index contributed by atoms with van der Waals surface area (Å²) in [6.45, 7) is 0.614. The molecule has 1 amide bonds. The number of hydrogen-bond donors (Lipinski definition) is 0. The van der Waals surface area contributed by atoms with Gasteiger partial charge < -0.3 is 14.1 Å². The van der Waals surface area contributed by atoms with Crippen molar-refractivity contribution in [3.8, 4) is 5.88 Å². The summed E-state index contributed by atoms with van der Waals surface area (Å²) in [5, 5.41) is 0. The molecule has 0 saturated carbocycles. The maximum atomic E-state index is 13.4. The number of halogens is 1. The number of methoxy groups -OCH3 is 1. The Morgan fingerprint density at radius 1 is 1.32 bits per heavy atom. The van der Waals surface area contributed by atoms with Crippen molar-refractivity contribution < 1.29 is 18.3 Å². The third-order valence-electron chi connectivity index (χ3n) is 4.83. The maximum Gasteiger partial charge on any atom is 0.260 e. The summed E-state index contributed by atoms with van der Waals surface area (Å²) in [5.74, 6) is 1.00. The molecular formula is C21H20FN3O3. The van der Waals surface area contributed by atoms with Gasteiger partial charge in [-0.2, -0.15) is 0 Å². The van der Waals surface area contributed by atoms with Crippen LogP contribution in [-0.2, 0) is 6.42 Å². The first-order chi connectivity index (χ1) is 13.7. The lowest BCUT2D eigenvalue weighted by Crippen LogP contribution is -2.31. The van der Waals surface area contributed by atoms with Crippen molar-refractivity contribution in [1.29, 1.82) is 0 Å². The molecule has 4 rings (SSSR count). The molecule has 1 fully saturated rings. The lowest BCUT2D eigenvalue weighted by atomic mass is 10.1. The SMILES string of the molecule is COc1ncccc1C(=O)N1CCC[C@H]1c1ncc(Cc2cccc(F)c2)o1. The van der Waals surface area contributed by atoms with Crippen LogP contribution in [0.1, 0.15) is 46.5 Å². The first-order valence-electron chi connectivity index (χ1n) is 9.14. The van der Waals surface area contributed by atoms with E-state index >= 15 is 0 Å². The van der Waals surface area contributed by atoms with Crippen LogP contribution in [-0.4, -0.2) is 34.4 Å². The van der Waals surface area contributed by atoms with Crippen LogP contribution in [0.15, 0.2) is 53.2 Å². The molecule has 1 aliphatic heterocycles. The van der Waals surface area contributed by atoms with E-state index < -0.39 is 0 Å². The van der Waals surface area contributed by atoms with Gasteiger partial charge in [0.15, 0.2) is 0 Å². The number of amides is 1. The molecule has 144 valence electrons. The van der Waals surface area contributed by atoms with Gasteiger partial charge in [0, 0.05) is 19.2 Å². The van der Waals surface area contributed by atoms with Gasteiger partial charge in [0.2, 0.25) is 11.8 Å². The summed E-state index contributed by atoms with van der Waals surface area (Å²) in [4.78, 5) is 23.3. The molecule has 1 saturated heterocycles. The highest BCUT2D eigenvalue weighted by molar-refractivity contribution is 5.96. The zero-order valence-corrected chi connectivity index (χ0v) is 15.5. The van der Waals surface area contributed by atoms with Gasteiger partial charge in [-0.25, -0.2) is 14.4 Å². The number of nitrogens with zero attached hydrogens (tertiary/aromatic N) is 3. The maximum absolute atomic E-state index is 13.4. The molecule has 6 nitrogen and oxygen atoms in total. The summed E-state index contributed by atoms with van der Waals surface area (Å²) in [6, 6.07) is 9.56. The number of carbonyl (C=O) groups is 1. The molecule has 2 aromatic heterocycles. The van der Waals surface area contributed by atoms with Gasteiger partial charge >= 0.3 is 0 Å². The van der Waals surface area contributed by atoms with Gasteiger partial charge in [-0.05, 0) is 42.7 Å². The molecule has 3 heterocycles. The Kier molecular flexibility index (Phi) is 5.06. The van der Waals surface area contributed by atoms with Gasteiger partial charge in [-0.3, -0.25) is 4.79 Å². The second-order valence-electron chi connectivity index (χ2n) is 6.69. The first kappa shape index (κ1) is 18.2. The molecule has 0 spiro atoms. The molecule has 0 radical (unpaired) electrons. The van der Waals surface area contributed by atoms with E-state index in [4.69, 9.17) is 9.15 Å². The standard InChI is InChI=1S/C21H20FN3O3/c1-27-19-17(7-3-9-23-19)21(26)25-10-4-8-18(25)20-24-13-16(28-20)12-14-5-2-6-15(22)11-14/h2-3,5-7,9,11,13,18H,4,8,10,12H2,1H3/t18-/m0/s1. The van der Waals surface area contributed by atoms with Gasteiger partial charge in [-0.15, -0.1) is 0 Å². The van der Waals surface area contributed by atoms with E-state index in [9.17, 15) is 9.18 Å². The topological polar surface area (TPSA) is 68.5 Å². The molecule has 0 aliphatic carbocycles. The number of benzene rings is 1. The van der Waals surface area contributed by atoms with Crippen LogP contribution in [0.5, 0.6) is 5.88 Å². The fourth-order valence-corrected chi connectivity index (χ4v) is 3.54. The Morgan fingerprint density at radius 3 is 3.04 bits per heavy atom. The van der Waals surface area contributed by atoms with Crippen LogP contribution in [0.4, 0.5) is 4.39 Å². The number of pyridine rings is 1. The van der Waals surface area contributed by atoms with Crippen molar-refractivity contribution in [3.05, 3.63) is 77.4 Å². The molecule has 28 heavy (non-hydrogen) atoms. The highest BCUT2D eigenvalue weighted by Gasteiger charge is 2.35. The van der Waals surface area contributed by atoms with Crippen molar-refractivity contribution in [2.75, 3.05) is 13.7 Å². The van der Waals surface area contributed by atoms with E-state index in [1.54, 1.807) is 35.5 Å². The number of ether oxygens (including phenoxy) is 1. The minimum absolute atomic E-state index is 0.155. The van der Waals surface area contributed by atoms with Crippen molar-refractivity contribution >= 4 is 5.91 Å². The zero-order valence-electron chi connectivity index (χ0n) is 15.5. The summed E-state index contributed by atoms with van der Waals surface area (Å²) < 4.78 is 24.5. The molecule has 0 N–H and O–H groups in total. The van der Waals surface area contributed by atoms with Crippen LogP contribution < -0.4 is 4.74 Å². The Bertz CT molecular complexity index is 988. The third-order valence-corrected chi connectivity index (χ3v) is 4.83. The number of likely N-dealkylation sites (tertiary alicyclic amines) is 1. The second kappa shape index (κ2) is 7.80. The van der Waals surface area contributed by atoms with Crippen LogP contribution in [0, 0.1) is 5.82 Å². The first-order valence-corrected chi connectivity index (χ1v) is 9.14. The Labute approximate surface area is 162 Å². The zero-order chi connectivity index (χ0) is 19.5. The number of hydrogen-bond acceptors (Lipinski definition) is 5. The molecule has 0 unspecified atom stereocenters.